The summed E-state index contributed by atoms with van der Waals surface area (Å²) >= 11 is 2.58. The molecule has 0 saturated heterocycles. The zero-order valence-corrected chi connectivity index (χ0v) is 16.5. The predicted octanol–water partition coefficient (Wildman–Crippen LogP) is 3.63. The highest BCUT2D eigenvalue weighted by atomic mass is 32.2. The van der Waals surface area contributed by atoms with E-state index in [1.165, 1.54) is 47.4 Å². The van der Waals surface area contributed by atoms with Crippen LogP contribution in [0.3, 0.4) is 0 Å². The van der Waals surface area contributed by atoms with Gasteiger partial charge in [0.1, 0.15) is 5.82 Å². The number of carbonyl (C=O) groups excluding carboxylic acids is 1. The first-order valence-electron chi connectivity index (χ1n) is 7.64. The van der Waals surface area contributed by atoms with Gasteiger partial charge in [0.05, 0.1) is 10.5 Å². The van der Waals surface area contributed by atoms with E-state index in [2.05, 4.69) is 15.5 Å². The Morgan fingerprint density at radius 3 is 2.56 bits per heavy atom. The number of hydrogen-bond acceptors (Lipinski definition) is 7. The highest BCUT2D eigenvalue weighted by Crippen LogP contribution is 2.29. The van der Waals surface area contributed by atoms with Crippen LogP contribution in [0, 0.1) is 5.82 Å². The lowest BCUT2D eigenvalue weighted by Crippen LogP contribution is -2.15. The third-order valence-electron chi connectivity index (χ3n) is 3.43. The monoisotopic (exact) mass is 423 g/mol. The number of anilines is 1. The topological polar surface area (TPSA) is 89.0 Å². The van der Waals surface area contributed by atoms with Gasteiger partial charge >= 0.3 is 0 Å². The van der Waals surface area contributed by atoms with Crippen molar-refractivity contribution < 1.29 is 17.6 Å². The molecule has 0 saturated carbocycles. The van der Waals surface area contributed by atoms with Crippen LogP contribution in [0.15, 0.2) is 57.8 Å². The van der Waals surface area contributed by atoms with E-state index in [0.29, 0.717) is 10.1 Å². The molecule has 0 aliphatic rings. The SMILES string of the molecule is CS(=O)(=O)c1ccccc1C(=O)Nc1nnc(SCc2ccc(F)cc2)s1. The fraction of sp³-hybridized carbons (Fsp3) is 0.118. The highest BCUT2D eigenvalue weighted by molar-refractivity contribution is 8.00. The maximum absolute atomic E-state index is 12.9. The molecule has 0 bridgehead atoms. The summed E-state index contributed by atoms with van der Waals surface area (Å²) in [6.45, 7) is 0. The number of amides is 1. The van der Waals surface area contributed by atoms with Crippen LogP contribution in [0.1, 0.15) is 15.9 Å². The molecule has 0 spiro atoms. The van der Waals surface area contributed by atoms with Crippen molar-refractivity contribution in [3.63, 3.8) is 0 Å². The van der Waals surface area contributed by atoms with Crippen LogP contribution in [0.25, 0.3) is 0 Å². The van der Waals surface area contributed by atoms with Crippen LogP contribution in [-0.2, 0) is 15.6 Å². The van der Waals surface area contributed by atoms with E-state index in [4.69, 9.17) is 0 Å². The van der Waals surface area contributed by atoms with Gasteiger partial charge in [-0.2, -0.15) is 0 Å². The normalized spacial score (nSPS) is 11.3. The first-order chi connectivity index (χ1) is 12.8. The van der Waals surface area contributed by atoms with Crippen LogP contribution in [-0.4, -0.2) is 30.8 Å². The Morgan fingerprint density at radius 1 is 1.15 bits per heavy atom. The van der Waals surface area contributed by atoms with Crippen molar-refractivity contribution in [1.82, 2.24) is 10.2 Å². The summed E-state index contributed by atoms with van der Waals surface area (Å²) in [4.78, 5) is 12.4. The van der Waals surface area contributed by atoms with Gasteiger partial charge in [-0.25, -0.2) is 12.8 Å². The second kappa shape index (κ2) is 8.15. The minimum Gasteiger partial charge on any atom is -0.296 e. The lowest BCUT2D eigenvalue weighted by Gasteiger charge is -2.06. The fourth-order valence-corrected chi connectivity index (χ4v) is 4.78. The summed E-state index contributed by atoms with van der Waals surface area (Å²) in [5.41, 5.74) is 0.986. The minimum atomic E-state index is -3.53. The number of benzene rings is 2. The van der Waals surface area contributed by atoms with E-state index < -0.39 is 15.7 Å². The molecule has 3 rings (SSSR count). The van der Waals surface area contributed by atoms with E-state index in [1.807, 2.05) is 0 Å². The van der Waals surface area contributed by atoms with Crippen LogP contribution >= 0.6 is 23.1 Å². The van der Waals surface area contributed by atoms with Gasteiger partial charge in [-0.15, -0.1) is 10.2 Å². The zero-order valence-electron chi connectivity index (χ0n) is 14.0. The van der Waals surface area contributed by atoms with Gasteiger partial charge < -0.3 is 0 Å². The Bertz CT molecular complexity index is 1070. The van der Waals surface area contributed by atoms with E-state index in [1.54, 1.807) is 24.3 Å². The Balaban J connectivity index is 1.67. The molecule has 27 heavy (non-hydrogen) atoms. The average molecular weight is 424 g/mol. The average Bonchev–Trinajstić information content (AvgIpc) is 3.08. The Morgan fingerprint density at radius 2 is 1.85 bits per heavy atom. The second-order valence-electron chi connectivity index (χ2n) is 5.51. The highest BCUT2D eigenvalue weighted by Gasteiger charge is 2.19. The number of nitrogens with one attached hydrogen (secondary N) is 1. The summed E-state index contributed by atoms with van der Waals surface area (Å²) in [5.74, 6) is -0.277. The molecule has 0 radical (unpaired) electrons. The number of aromatic nitrogens is 2. The lowest BCUT2D eigenvalue weighted by atomic mass is 10.2. The molecule has 0 unspecified atom stereocenters. The van der Waals surface area contributed by atoms with Crippen LogP contribution < -0.4 is 5.32 Å². The van der Waals surface area contributed by atoms with Gasteiger partial charge in [-0.05, 0) is 29.8 Å². The number of nitrogens with zero attached hydrogens (tertiary/aromatic N) is 2. The molecule has 0 fully saturated rings. The number of carbonyl (C=O) groups is 1. The van der Waals surface area contributed by atoms with Crippen molar-refractivity contribution in [1.29, 1.82) is 0 Å². The van der Waals surface area contributed by atoms with Crippen molar-refractivity contribution in [3.05, 3.63) is 65.5 Å². The number of rotatable bonds is 6. The summed E-state index contributed by atoms with van der Waals surface area (Å²) in [7, 11) is -3.53. The van der Waals surface area contributed by atoms with Crippen LogP contribution in [0.5, 0.6) is 0 Å². The lowest BCUT2D eigenvalue weighted by molar-refractivity contribution is 0.102. The van der Waals surface area contributed by atoms with Gasteiger partial charge in [0.15, 0.2) is 14.2 Å². The summed E-state index contributed by atoms with van der Waals surface area (Å²) in [6.07, 6.45) is 1.05. The van der Waals surface area contributed by atoms with Crippen LogP contribution in [0.4, 0.5) is 9.52 Å². The molecular weight excluding hydrogens is 409 g/mol. The first kappa shape index (κ1) is 19.5. The zero-order chi connectivity index (χ0) is 19.4. The van der Waals surface area contributed by atoms with E-state index in [-0.39, 0.29) is 21.4 Å². The maximum atomic E-state index is 12.9. The van der Waals surface area contributed by atoms with Crippen molar-refractivity contribution in [2.75, 3.05) is 11.6 Å². The third-order valence-corrected chi connectivity index (χ3v) is 6.63. The Kier molecular flexibility index (Phi) is 5.88. The number of halogens is 1. The molecule has 0 aliphatic heterocycles. The molecule has 1 N–H and O–H groups in total. The maximum Gasteiger partial charge on any atom is 0.258 e. The standard InChI is InChI=1S/C17H14FN3O3S3/c1-27(23,24)14-5-3-2-4-13(14)15(22)19-16-20-21-17(26-16)25-10-11-6-8-12(18)9-7-11/h2-9H,10H2,1H3,(H,19,20,22). The van der Waals surface area contributed by atoms with Gasteiger partial charge in [0, 0.05) is 12.0 Å². The first-order valence-corrected chi connectivity index (χ1v) is 11.3. The molecule has 140 valence electrons. The molecule has 1 amide bonds. The number of hydrogen-bond donors (Lipinski definition) is 1. The van der Waals surface area contributed by atoms with E-state index >= 15 is 0 Å². The van der Waals surface area contributed by atoms with Gasteiger partial charge in [-0.1, -0.05) is 47.4 Å². The molecule has 0 atom stereocenters. The van der Waals surface area contributed by atoms with Gasteiger partial charge in [0.25, 0.3) is 5.91 Å². The van der Waals surface area contributed by atoms with Crippen molar-refractivity contribution in [2.45, 2.75) is 15.0 Å². The molecule has 3 aromatic rings. The smallest absolute Gasteiger partial charge is 0.258 e. The molecule has 1 heterocycles. The molecule has 6 nitrogen and oxygen atoms in total. The largest absolute Gasteiger partial charge is 0.296 e. The van der Waals surface area contributed by atoms with Crippen LogP contribution in [0.2, 0.25) is 0 Å². The fourth-order valence-electron chi connectivity index (χ4n) is 2.19. The molecular formula is C17H14FN3O3S3. The van der Waals surface area contributed by atoms with E-state index in [0.717, 1.165) is 11.8 Å². The quantitative estimate of drug-likeness (QED) is 0.481. The third kappa shape index (κ3) is 5.12. The van der Waals surface area contributed by atoms with Gasteiger partial charge in [0.2, 0.25) is 5.13 Å². The molecule has 2 aromatic carbocycles. The summed E-state index contributed by atoms with van der Waals surface area (Å²) in [6, 6.07) is 12.1. The molecule has 1 aromatic heterocycles. The molecule has 0 aliphatic carbocycles. The Hall–Kier alpha value is -2.30. The van der Waals surface area contributed by atoms with E-state index in [9.17, 15) is 17.6 Å². The Labute approximate surface area is 163 Å². The van der Waals surface area contributed by atoms with Crippen molar-refractivity contribution >= 4 is 44.0 Å². The summed E-state index contributed by atoms with van der Waals surface area (Å²) in [5, 5.41) is 10.7. The second-order valence-corrected chi connectivity index (χ2v) is 9.69. The van der Waals surface area contributed by atoms with Crippen molar-refractivity contribution in [2.24, 2.45) is 0 Å². The summed E-state index contributed by atoms with van der Waals surface area (Å²) < 4.78 is 37.2. The van der Waals surface area contributed by atoms with Crippen molar-refractivity contribution in [3.8, 4) is 0 Å². The predicted molar refractivity (Wildman–Crippen MR) is 103 cm³/mol. The number of thioether (sulfide) groups is 1. The number of sulfone groups is 1. The van der Waals surface area contributed by atoms with Gasteiger partial charge in [-0.3, -0.25) is 10.1 Å². The minimum absolute atomic E-state index is 0.0436. The molecule has 10 heteroatoms.